The molecule has 8 heteroatoms. The number of fused-ring (bicyclic) bond motifs is 1. The minimum atomic E-state index is -4.36. The molecule has 1 heterocycles. The van der Waals surface area contributed by atoms with E-state index in [1.54, 1.807) is 6.07 Å². The summed E-state index contributed by atoms with van der Waals surface area (Å²) in [5.41, 5.74) is 0.507. The molecule has 29 heavy (non-hydrogen) atoms. The summed E-state index contributed by atoms with van der Waals surface area (Å²) in [5, 5.41) is 21.5. The van der Waals surface area contributed by atoms with Crippen molar-refractivity contribution in [1.82, 2.24) is 0 Å². The molecule has 0 bridgehead atoms. The predicted molar refractivity (Wildman–Crippen MR) is 102 cm³/mol. The molecule has 152 valence electrons. The third-order valence-electron chi connectivity index (χ3n) is 5.22. The van der Waals surface area contributed by atoms with Crippen LogP contribution < -0.4 is 10.1 Å². The van der Waals surface area contributed by atoms with Crippen LogP contribution in [0.25, 0.3) is 5.57 Å². The molecule has 1 unspecified atom stereocenters. The number of carboxylic acid groups (broad SMARTS) is 1. The number of nitrogens with one attached hydrogen (secondary N) is 1. The van der Waals surface area contributed by atoms with Crippen molar-refractivity contribution in [3.63, 3.8) is 0 Å². The smallest absolute Gasteiger partial charge is 0.397 e. The number of nitriles is 1. The number of rotatable bonds is 5. The number of benzene rings is 1. The Kier molecular flexibility index (Phi) is 5.18. The number of nitrogens with zero attached hydrogens (tertiary/aromatic N) is 1. The van der Waals surface area contributed by atoms with Gasteiger partial charge in [0.1, 0.15) is 11.8 Å². The maximum Gasteiger partial charge on any atom is 0.397 e. The molecule has 0 saturated heterocycles. The fourth-order valence-electron chi connectivity index (χ4n) is 3.28. The number of halogens is 3. The van der Waals surface area contributed by atoms with E-state index in [2.05, 4.69) is 18.0 Å². The van der Waals surface area contributed by atoms with Gasteiger partial charge in [0.15, 0.2) is 0 Å². The molecule has 0 radical (unpaired) electrons. The van der Waals surface area contributed by atoms with E-state index in [1.165, 1.54) is 12.2 Å². The maximum atomic E-state index is 13.3. The van der Waals surface area contributed by atoms with Crippen molar-refractivity contribution >= 4 is 17.2 Å². The average Bonchev–Trinajstić information content (AvgIpc) is 3.14. The van der Waals surface area contributed by atoms with Crippen LogP contribution in [0.5, 0.6) is 5.75 Å². The van der Waals surface area contributed by atoms with Crippen molar-refractivity contribution in [2.75, 3.05) is 18.5 Å². The molecule has 3 rings (SSSR count). The van der Waals surface area contributed by atoms with Crippen LogP contribution >= 0.6 is 0 Å². The molecule has 0 aromatic heterocycles. The Balaban J connectivity index is 2.00. The number of carboxylic acids is 1. The number of hydrogen-bond donors (Lipinski definition) is 2. The van der Waals surface area contributed by atoms with Gasteiger partial charge >= 0.3 is 12.1 Å². The zero-order valence-corrected chi connectivity index (χ0v) is 15.7. The van der Waals surface area contributed by atoms with Gasteiger partial charge in [-0.3, -0.25) is 0 Å². The molecule has 5 nitrogen and oxygen atoms in total. The van der Waals surface area contributed by atoms with Crippen molar-refractivity contribution in [1.29, 1.82) is 5.26 Å². The quantitative estimate of drug-likeness (QED) is 0.708. The van der Waals surface area contributed by atoms with Gasteiger partial charge in [-0.1, -0.05) is 24.8 Å². The van der Waals surface area contributed by atoms with E-state index < -0.39 is 17.6 Å². The Morgan fingerprint density at radius 1 is 1.48 bits per heavy atom. The third kappa shape index (κ3) is 3.73. The Morgan fingerprint density at radius 3 is 2.76 bits per heavy atom. The monoisotopic (exact) mass is 404 g/mol. The fourth-order valence-corrected chi connectivity index (χ4v) is 3.28. The number of anilines is 1. The molecule has 0 spiro atoms. The second-order valence-electron chi connectivity index (χ2n) is 7.24. The van der Waals surface area contributed by atoms with E-state index in [0.29, 0.717) is 46.7 Å². The first-order chi connectivity index (χ1) is 13.6. The minimum absolute atomic E-state index is 0.0788. The summed E-state index contributed by atoms with van der Waals surface area (Å²) in [5.74, 6) is -0.680. The van der Waals surface area contributed by atoms with Crippen molar-refractivity contribution in [2.24, 2.45) is 5.41 Å². The highest BCUT2D eigenvalue weighted by molar-refractivity contribution is 5.88. The summed E-state index contributed by atoms with van der Waals surface area (Å²) in [7, 11) is 0. The van der Waals surface area contributed by atoms with Crippen LogP contribution in [0.15, 0.2) is 36.4 Å². The highest BCUT2D eigenvalue weighted by atomic mass is 19.4. The molecule has 2 N–H and O–H groups in total. The number of alkyl halides is 3. The second-order valence-corrected chi connectivity index (χ2v) is 7.24. The van der Waals surface area contributed by atoms with Gasteiger partial charge in [-0.15, -0.1) is 0 Å². The largest absolute Gasteiger partial charge is 0.492 e. The van der Waals surface area contributed by atoms with E-state index in [-0.39, 0.29) is 18.5 Å². The molecule has 2 aliphatic rings. The van der Waals surface area contributed by atoms with E-state index in [1.807, 2.05) is 0 Å². The van der Waals surface area contributed by atoms with Crippen LogP contribution in [0.2, 0.25) is 0 Å². The number of allylic oxidation sites excluding steroid dienone is 4. The number of aliphatic carboxylic acids is 1. The molecule has 0 fully saturated rings. The lowest BCUT2D eigenvalue weighted by Gasteiger charge is -2.30. The molecule has 1 aliphatic carbocycles. The Bertz CT molecular complexity index is 986. The first-order valence-electron chi connectivity index (χ1n) is 8.91. The van der Waals surface area contributed by atoms with Gasteiger partial charge in [0.25, 0.3) is 0 Å². The molecule has 1 aromatic carbocycles. The Hall–Kier alpha value is -3.21. The van der Waals surface area contributed by atoms with Gasteiger partial charge in [-0.05, 0) is 25.0 Å². The van der Waals surface area contributed by atoms with E-state index in [0.717, 1.165) is 13.0 Å². The summed E-state index contributed by atoms with van der Waals surface area (Å²) in [6, 6.07) is 3.72. The number of ether oxygens (including phenoxy) is 1. The maximum absolute atomic E-state index is 13.3. The normalized spacial score (nSPS) is 20.3. The summed E-state index contributed by atoms with van der Waals surface area (Å²) in [6.07, 6.45) is -0.0233. The fraction of sp³-hybridized carbons (Fsp3) is 0.333. The standard InChI is InChI=1S/C21H19F3N2O3/c1-12(19(27)28)11-26-17-9-15(18-14(5-8-29-18)16(17)10-25)13-3-6-20(2,7-4-13)21(22,23)24/h3-4,6,9,26H,1,5,7-8,11H2,2H3,(H,27,28). The van der Waals surface area contributed by atoms with E-state index in [4.69, 9.17) is 9.84 Å². The summed E-state index contributed by atoms with van der Waals surface area (Å²) < 4.78 is 45.5. The minimum Gasteiger partial charge on any atom is -0.492 e. The van der Waals surface area contributed by atoms with E-state index in [9.17, 15) is 23.2 Å². The first-order valence-corrected chi connectivity index (χ1v) is 8.91. The van der Waals surface area contributed by atoms with Crippen LogP contribution in [0, 0.1) is 16.7 Å². The van der Waals surface area contributed by atoms with Gasteiger partial charge in [0.2, 0.25) is 0 Å². The van der Waals surface area contributed by atoms with Gasteiger partial charge in [-0.25, -0.2) is 4.79 Å². The zero-order chi connectivity index (χ0) is 21.4. The van der Waals surface area contributed by atoms with Crippen LogP contribution in [0.4, 0.5) is 18.9 Å². The van der Waals surface area contributed by atoms with Crippen molar-refractivity contribution in [3.8, 4) is 11.8 Å². The second kappa shape index (κ2) is 7.32. The molecule has 1 aliphatic heterocycles. The molecule has 0 amide bonds. The van der Waals surface area contributed by atoms with Gasteiger partial charge in [0.05, 0.1) is 23.3 Å². The van der Waals surface area contributed by atoms with Crippen LogP contribution in [0.3, 0.4) is 0 Å². The Morgan fingerprint density at radius 2 is 2.21 bits per heavy atom. The van der Waals surface area contributed by atoms with Crippen LogP contribution in [0.1, 0.15) is 30.0 Å². The van der Waals surface area contributed by atoms with Crippen molar-refractivity contribution in [3.05, 3.63) is 53.1 Å². The third-order valence-corrected chi connectivity index (χ3v) is 5.22. The molecule has 1 atom stereocenters. The molecular formula is C21H19F3N2O3. The lowest BCUT2D eigenvalue weighted by atomic mass is 9.79. The number of carbonyl (C=O) groups is 1. The summed E-state index contributed by atoms with van der Waals surface area (Å²) in [4.78, 5) is 11.0. The Labute approximate surface area is 165 Å². The lowest BCUT2D eigenvalue weighted by molar-refractivity contribution is -0.199. The van der Waals surface area contributed by atoms with Crippen LogP contribution in [-0.4, -0.2) is 30.4 Å². The highest BCUT2D eigenvalue weighted by Crippen LogP contribution is 2.48. The highest BCUT2D eigenvalue weighted by Gasteiger charge is 2.49. The molecule has 0 saturated carbocycles. The van der Waals surface area contributed by atoms with Gasteiger partial charge < -0.3 is 15.2 Å². The van der Waals surface area contributed by atoms with Crippen LogP contribution in [-0.2, 0) is 11.2 Å². The predicted octanol–water partition coefficient (Wildman–Crippen LogP) is 4.46. The first kappa shape index (κ1) is 20.5. The SMILES string of the molecule is C=C(CNc1cc(C2=CCC(C)(C(F)(F)F)C=C2)c2c(c1C#N)CCO2)C(=O)O. The van der Waals surface area contributed by atoms with Gasteiger partial charge in [0, 0.05) is 29.7 Å². The summed E-state index contributed by atoms with van der Waals surface area (Å²) >= 11 is 0. The van der Waals surface area contributed by atoms with Gasteiger partial charge in [-0.2, -0.15) is 18.4 Å². The molecule has 1 aromatic rings. The van der Waals surface area contributed by atoms with Crippen molar-refractivity contribution < 1.29 is 27.8 Å². The van der Waals surface area contributed by atoms with Crippen molar-refractivity contribution in [2.45, 2.75) is 25.9 Å². The van der Waals surface area contributed by atoms with E-state index >= 15 is 0 Å². The summed E-state index contributed by atoms with van der Waals surface area (Å²) in [6.45, 7) is 4.87. The average molecular weight is 404 g/mol. The lowest BCUT2D eigenvalue weighted by Crippen LogP contribution is -2.33. The number of hydrogen-bond acceptors (Lipinski definition) is 4. The molecular weight excluding hydrogens is 385 g/mol. The zero-order valence-electron chi connectivity index (χ0n) is 15.7. The topological polar surface area (TPSA) is 82.3 Å².